The van der Waals surface area contributed by atoms with Gasteiger partial charge in [0.05, 0.1) is 0 Å². The maximum absolute atomic E-state index is 12.9. The van der Waals surface area contributed by atoms with Gasteiger partial charge >= 0.3 is 0 Å². The lowest BCUT2D eigenvalue weighted by Gasteiger charge is -2.24. The maximum atomic E-state index is 12.9. The highest BCUT2D eigenvalue weighted by atomic mass is 127. The molecule has 0 fully saturated rings. The van der Waals surface area contributed by atoms with Gasteiger partial charge in [-0.1, -0.05) is 84.5 Å². The van der Waals surface area contributed by atoms with E-state index in [1.165, 1.54) is 11.1 Å². The van der Waals surface area contributed by atoms with E-state index in [2.05, 4.69) is 83.0 Å². The van der Waals surface area contributed by atoms with Crippen molar-refractivity contribution in [2.45, 2.75) is 42.5 Å². The van der Waals surface area contributed by atoms with Crippen LogP contribution in [0.2, 0.25) is 0 Å². The number of benzene rings is 1. The molecular formula is C18H27I2NO. The molecule has 4 heteroatoms. The smallest absolute Gasteiger partial charge is 0.167 e. The SMILES string of the molecule is CCCC(CN(CC)CC)C(=O)c1ccc(CI)c(CI)c1. The predicted molar refractivity (Wildman–Crippen MR) is 112 cm³/mol. The fourth-order valence-electron chi connectivity index (χ4n) is 2.72. The molecule has 0 saturated carbocycles. The van der Waals surface area contributed by atoms with Crippen LogP contribution in [0.4, 0.5) is 0 Å². The average molecular weight is 527 g/mol. The van der Waals surface area contributed by atoms with E-state index in [9.17, 15) is 4.79 Å². The first-order chi connectivity index (χ1) is 10.6. The molecule has 0 aromatic heterocycles. The summed E-state index contributed by atoms with van der Waals surface area (Å²) in [5, 5.41) is 0. The van der Waals surface area contributed by atoms with Crippen molar-refractivity contribution in [3.05, 3.63) is 34.9 Å². The van der Waals surface area contributed by atoms with Crippen LogP contribution in [0.1, 0.15) is 55.1 Å². The first-order valence-electron chi connectivity index (χ1n) is 8.11. The van der Waals surface area contributed by atoms with E-state index in [1.807, 2.05) is 6.07 Å². The summed E-state index contributed by atoms with van der Waals surface area (Å²) in [4.78, 5) is 15.3. The molecule has 0 bridgehead atoms. The van der Waals surface area contributed by atoms with Crippen LogP contribution in [0.15, 0.2) is 18.2 Å². The van der Waals surface area contributed by atoms with Crippen molar-refractivity contribution in [2.75, 3.05) is 19.6 Å². The van der Waals surface area contributed by atoms with Crippen LogP contribution in [0.25, 0.3) is 0 Å². The zero-order chi connectivity index (χ0) is 16.5. The van der Waals surface area contributed by atoms with Gasteiger partial charge in [0.2, 0.25) is 0 Å². The Hall–Kier alpha value is 0.310. The standard InChI is InChI=1S/C18H27I2NO/c1-4-7-16(13-21(5-2)6-3)18(22)14-8-9-15(11-19)17(10-14)12-20/h8-10,16H,4-7,11-13H2,1-3H3. The summed E-state index contributed by atoms with van der Waals surface area (Å²) in [7, 11) is 0. The van der Waals surface area contributed by atoms with Gasteiger partial charge in [-0.2, -0.15) is 0 Å². The summed E-state index contributed by atoms with van der Waals surface area (Å²) >= 11 is 4.77. The van der Waals surface area contributed by atoms with Gasteiger partial charge < -0.3 is 4.90 Å². The molecule has 1 aromatic rings. The van der Waals surface area contributed by atoms with Crippen molar-refractivity contribution < 1.29 is 4.79 Å². The van der Waals surface area contributed by atoms with E-state index in [0.717, 1.165) is 46.9 Å². The lowest BCUT2D eigenvalue weighted by atomic mass is 9.91. The van der Waals surface area contributed by atoms with Gasteiger partial charge in [-0.3, -0.25) is 4.79 Å². The quantitative estimate of drug-likeness (QED) is 0.228. The summed E-state index contributed by atoms with van der Waals surface area (Å²) in [5.74, 6) is 0.442. The van der Waals surface area contributed by atoms with Crippen LogP contribution in [0.3, 0.4) is 0 Å². The van der Waals surface area contributed by atoms with Gasteiger partial charge in [0.1, 0.15) is 0 Å². The minimum atomic E-state index is 0.123. The minimum Gasteiger partial charge on any atom is -0.303 e. The van der Waals surface area contributed by atoms with Crippen molar-refractivity contribution in [3.8, 4) is 0 Å². The molecule has 22 heavy (non-hydrogen) atoms. The number of hydrogen-bond donors (Lipinski definition) is 0. The highest BCUT2D eigenvalue weighted by Gasteiger charge is 2.22. The third-order valence-electron chi connectivity index (χ3n) is 4.16. The zero-order valence-electron chi connectivity index (χ0n) is 13.9. The van der Waals surface area contributed by atoms with Crippen molar-refractivity contribution in [1.29, 1.82) is 0 Å². The highest BCUT2D eigenvalue weighted by Crippen LogP contribution is 2.22. The fourth-order valence-corrected chi connectivity index (χ4v) is 4.17. The molecule has 0 heterocycles. The molecule has 1 rings (SSSR count). The molecule has 0 amide bonds. The zero-order valence-corrected chi connectivity index (χ0v) is 18.2. The molecule has 2 nitrogen and oxygen atoms in total. The largest absolute Gasteiger partial charge is 0.303 e. The lowest BCUT2D eigenvalue weighted by molar-refractivity contribution is 0.0875. The van der Waals surface area contributed by atoms with Crippen molar-refractivity contribution >= 4 is 51.0 Å². The van der Waals surface area contributed by atoms with Crippen LogP contribution >= 0.6 is 45.2 Å². The van der Waals surface area contributed by atoms with Gasteiger partial charge in [-0.25, -0.2) is 0 Å². The first kappa shape index (κ1) is 20.4. The molecule has 0 aliphatic heterocycles. The van der Waals surface area contributed by atoms with E-state index in [4.69, 9.17) is 0 Å². The van der Waals surface area contributed by atoms with Gasteiger partial charge in [-0.15, -0.1) is 0 Å². The first-order valence-corrected chi connectivity index (χ1v) is 11.2. The average Bonchev–Trinajstić information content (AvgIpc) is 2.57. The van der Waals surface area contributed by atoms with E-state index in [0.29, 0.717) is 5.78 Å². The van der Waals surface area contributed by atoms with Crippen LogP contribution < -0.4 is 0 Å². The summed E-state index contributed by atoms with van der Waals surface area (Å²) in [5.41, 5.74) is 3.55. The van der Waals surface area contributed by atoms with Gasteiger partial charge in [0, 0.05) is 26.9 Å². The lowest BCUT2D eigenvalue weighted by Crippen LogP contribution is -2.33. The molecule has 0 spiro atoms. The van der Waals surface area contributed by atoms with Crippen LogP contribution in [-0.4, -0.2) is 30.3 Å². The number of alkyl halides is 2. The summed E-state index contributed by atoms with van der Waals surface area (Å²) in [6.45, 7) is 9.40. The van der Waals surface area contributed by atoms with Crippen LogP contribution in [-0.2, 0) is 8.86 Å². The summed E-state index contributed by atoms with van der Waals surface area (Å²) < 4.78 is 1.97. The van der Waals surface area contributed by atoms with E-state index in [1.54, 1.807) is 0 Å². The minimum absolute atomic E-state index is 0.123. The van der Waals surface area contributed by atoms with Crippen molar-refractivity contribution in [2.24, 2.45) is 5.92 Å². The Morgan fingerprint density at radius 3 is 2.23 bits per heavy atom. The third-order valence-corrected chi connectivity index (χ3v) is 5.80. The molecule has 1 atom stereocenters. The Morgan fingerprint density at radius 2 is 1.73 bits per heavy atom. The molecule has 0 N–H and O–H groups in total. The number of Topliss-reactive ketones (excluding diaryl/α,β-unsaturated/α-hetero) is 1. The molecule has 0 saturated heterocycles. The molecule has 1 unspecified atom stereocenters. The second kappa shape index (κ2) is 11.0. The third kappa shape index (κ3) is 5.74. The number of carbonyl (C=O) groups is 1. The fraction of sp³-hybridized carbons (Fsp3) is 0.611. The number of rotatable bonds is 10. The Kier molecular flexibility index (Phi) is 10.1. The number of hydrogen-bond acceptors (Lipinski definition) is 2. The number of carbonyl (C=O) groups excluding carboxylic acids is 1. The van der Waals surface area contributed by atoms with E-state index >= 15 is 0 Å². The number of ketones is 1. The monoisotopic (exact) mass is 527 g/mol. The number of nitrogens with zero attached hydrogens (tertiary/aromatic N) is 1. The summed E-state index contributed by atoms with van der Waals surface area (Å²) in [6, 6.07) is 6.28. The second-order valence-electron chi connectivity index (χ2n) is 5.59. The molecule has 0 aliphatic carbocycles. The Balaban J connectivity index is 2.98. The molecule has 0 aliphatic rings. The molecule has 1 aromatic carbocycles. The predicted octanol–water partition coefficient (Wildman–Crippen LogP) is 5.50. The van der Waals surface area contributed by atoms with Crippen LogP contribution in [0, 0.1) is 5.92 Å². The van der Waals surface area contributed by atoms with Gasteiger partial charge in [0.15, 0.2) is 5.78 Å². The number of halogens is 2. The Labute approximate surface area is 162 Å². The topological polar surface area (TPSA) is 20.3 Å². The van der Waals surface area contributed by atoms with Crippen molar-refractivity contribution in [1.82, 2.24) is 4.90 Å². The highest BCUT2D eigenvalue weighted by molar-refractivity contribution is 14.1. The Morgan fingerprint density at radius 1 is 1.09 bits per heavy atom. The van der Waals surface area contributed by atoms with E-state index in [-0.39, 0.29) is 5.92 Å². The second-order valence-corrected chi connectivity index (χ2v) is 7.11. The molecular weight excluding hydrogens is 500 g/mol. The van der Waals surface area contributed by atoms with Crippen molar-refractivity contribution in [3.63, 3.8) is 0 Å². The molecule has 124 valence electrons. The normalized spacial score (nSPS) is 12.6. The van der Waals surface area contributed by atoms with Gasteiger partial charge in [-0.05, 0) is 36.7 Å². The Bertz CT molecular complexity index is 472. The van der Waals surface area contributed by atoms with Crippen LogP contribution in [0.5, 0.6) is 0 Å². The van der Waals surface area contributed by atoms with Gasteiger partial charge in [0.25, 0.3) is 0 Å². The molecule has 0 radical (unpaired) electrons. The maximum Gasteiger partial charge on any atom is 0.167 e. The van der Waals surface area contributed by atoms with E-state index < -0.39 is 0 Å². The summed E-state index contributed by atoms with van der Waals surface area (Å²) in [6.07, 6.45) is 2.03.